The number of nitrogens with zero attached hydrogens (tertiary/aromatic N) is 1. The lowest BCUT2D eigenvalue weighted by atomic mass is 10.3. The maximum Gasteiger partial charge on any atom is 0.264 e. The van der Waals surface area contributed by atoms with E-state index in [0.717, 1.165) is 16.2 Å². The highest BCUT2D eigenvalue weighted by Gasteiger charge is 2.20. The first-order valence-electron chi connectivity index (χ1n) is 5.30. The zero-order valence-electron chi connectivity index (χ0n) is 9.46. The molecule has 0 spiro atoms. The number of amides is 1. The minimum absolute atomic E-state index is 0.143. The molecule has 0 aliphatic carbocycles. The Morgan fingerprint density at radius 3 is 2.71 bits per heavy atom. The first-order valence-corrected chi connectivity index (χ1v) is 6.65. The van der Waals surface area contributed by atoms with Crippen molar-refractivity contribution in [1.82, 2.24) is 4.90 Å². The zero-order valence-corrected chi connectivity index (χ0v) is 11.0. The average molecular weight is 282 g/mol. The molecule has 0 radical (unpaired) electrons. The Morgan fingerprint density at radius 2 is 2.24 bits per heavy atom. The molecule has 0 saturated carbocycles. The van der Waals surface area contributed by atoms with E-state index in [9.17, 15) is 13.6 Å². The van der Waals surface area contributed by atoms with Crippen LogP contribution in [0.2, 0.25) is 0 Å². The smallest absolute Gasteiger partial charge is 0.264 e. The van der Waals surface area contributed by atoms with Crippen LogP contribution >= 0.6 is 22.9 Å². The summed E-state index contributed by atoms with van der Waals surface area (Å²) < 4.78 is 24.6. The van der Waals surface area contributed by atoms with E-state index in [1.165, 1.54) is 11.3 Å². The molecule has 0 aliphatic rings. The van der Waals surface area contributed by atoms with Crippen LogP contribution in [0.15, 0.2) is 12.1 Å². The molecule has 1 rings (SSSR count). The van der Waals surface area contributed by atoms with E-state index in [-0.39, 0.29) is 18.3 Å². The van der Waals surface area contributed by atoms with Crippen LogP contribution in [-0.2, 0) is 6.42 Å². The van der Waals surface area contributed by atoms with Gasteiger partial charge in [-0.15, -0.1) is 22.9 Å². The molecular weight excluding hydrogens is 268 g/mol. The number of carbonyl (C=O) groups excluding carboxylic acids is 1. The summed E-state index contributed by atoms with van der Waals surface area (Å²) in [4.78, 5) is 14.6. The number of hydrogen-bond acceptors (Lipinski definition) is 2. The highest BCUT2D eigenvalue weighted by molar-refractivity contribution is 7.14. The topological polar surface area (TPSA) is 20.3 Å². The summed E-state index contributed by atoms with van der Waals surface area (Å²) in [6.07, 6.45) is -1.70. The third kappa shape index (κ3) is 4.24. The summed E-state index contributed by atoms with van der Waals surface area (Å²) in [6.45, 7) is 1.56. The van der Waals surface area contributed by atoms with E-state index in [0.29, 0.717) is 4.88 Å². The SMILES string of the molecule is CCc1ccc(C(=O)N(CCCl)CC(F)F)s1. The molecule has 0 bridgehead atoms. The van der Waals surface area contributed by atoms with Gasteiger partial charge in [0.05, 0.1) is 11.4 Å². The van der Waals surface area contributed by atoms with E-state index in [4.69, 9.17) is 11.6 Å². The average Bonchev–Trinajstić information content (AvgIpc) is 2.75. The molecule has 17 heavy (non-hydrogen) atoms. The van der Waals surface area contributed by atoms with E-state index in [1.807, 2.05) is 13.0 Å². The molecule has 0 saturated heterocycles. The number of hydrogen-bond donors (Lipinski definition) is 0. The van der Waals surface area contributed by atoms with Crippen molar-refractivity contribution in [3.63, 3.8) is 0 Å². The van der Waals surface area contributed by atoms with Crippen LogP contribution < -0.4 is 0 Å². The van der Waals surface area contributed by atoms with Gasteiger partial charge in [-0.1, -0.05) is 6.92 Å². The Morgan fingerprint density at radius 1 is 1.53 bits per heavy atom. The van der Waals surface area contributed by atoms with Gasteiger partial charge >= 0.3 is 0 Å². The van der Waals surface area contributed by atoms with Gasteiger partial charge in [-0.2, -0.15) is 0 Å². The maximum atomic E-state index is 12.3. The monoisotopic (exact) mass is 281 g/mol. The van der Waals surface area contributed by atoms with Gasteiger partial charge in [0.25, 0.3) is 12.3 Å². The molecule has 0 aliphatic heterocycles. The number of rotatable bonds is 6. The third-order valence-electron chi connectivity index (χ3n) is 2.22. The molecule has 0 N–H and O–H groups in total. The molecule has 6 heteroatoms. The Balaban J connectivity index is 2.75. The summed E-state index contributed by atoms with van der Waals surface area (Å²) in [6, 6.07) is 3.53. The van der Waals surface area contributed by atoms with Crippen molar-refractivity contribution < 1.29 is 13.6 Å². The van der Waals surface area contributed by atoms with Crippen molar-refractivity contribution in [2.75, 3.05) is 19.0 Å². The molecule has 1 aromatic heterocycles. The molecule has 0 atom stereocenters. The molecular formula is C11H14ClF2NOS. The normalized spacial score (nSPS) is 10.9. The highest BCUT2D eigenvalue weighted by Crippen LogP contribution is 2.19. The Hall–Kier alpha value is -0.680. The van der Waals surface area contributed by atoms with Crippen LogP contribution in [0.3, 0.4) is 0 Å². The number of carbonyl (C=O) groups is 1. The molecule has 0 fully saturated rings. The minimum atomic E-state index is -2.53. The summed E-state index contributed by atoms with van der Waals surface area (Å²) in [7, 11) is 0. The largest absolute Gasteiger partial charge is 0.331 e. The number of thiophene rings is 1. The Bertz CT molecular complexity index is 370. The lowest BCUT2D eigenvalue weighted by Crippen LogP contribution is -2.36. The van der Waals surface area contributed by atoms with Gasteiger partial charge in [-0.3, -0.25) is 4.79 Å². The fraction of sp³-hybridized carbons (Fsp3) is 0.545. The Kier molecular flexibility index (Phi) is 5.85. The molecule has 2 nitrogen and oxygen atoms in total. The molecule has 0 unspecified atom stereocenters. The van der Waals surface area contributed by atoms with Crippen LogP contribution in [0.4, 0.5) is 8.78 Å². The first-order chi connectivity index (χ1) is 8.08. The maximum absolute atomic E-state index is 12.3. The van der Waals surface area contributed by atoms with Gasteiger partial charge in [0.2, 0.25) is 0 Å². The third-order valence-corrected chi connectivity index (χ3v) is 3.61. The second-order valence-electron chi connectivity index (χ2n) is 3.45. The van der Waals surface area contributed by atoms with Crippen molar-refractivity contribution >= 4 is 28.8 Å². The highest BCUT2D eigenvalue weighted by atomic mass is 35.5. The molecule has 1 aromatic rings. The fourth-order valence-electron chi connectivity index (χ4n) is 1.38. The van der Waals surface area contributed by atoms with Gasteiger partial charge in [0, 0.05) is 17.3 Å². The minimum Gasteiger partial charge on any atom is -0.331 e. The molecule has 0 aromatic carbocycles. The number of halogens is 3. The van der Waals surface area contributed by atoms with Gasteiger partial charge in [-0.05, 0) is 18.6 Å². The lowest BCUT2D eigenvalue weighted by molar-refractivity contribution is 0.0575. The van der Waals surface area contributed by atoms with Crippen LogP contribution in [0.25, 0.3) is 0 Å². The van der Waals surface area contributed by atoms with E-state index in [2.05, 4.69) is 0 Å². The van der Waals surface area contributed by atoms with Gasteiger partial charge in [0.15, 0.2) is 0 Å². The van der Waals surface area contributed by atoms with Crippen molar-refractivity contribution in [1.29, 1.82) is 0 Å². The van der Waals surface area contributed by atoms with Crippen molar-refractivity contribution in [3.05, 3.63) is 21.9 Å². The van der Waals surface area contributed by atoms with E-state index >= 15 is 0 Å². The quantitative estimate of drug-likeness (QED) is 0.733. The van der Waals surface area contributed by atoms with Gasteiger partial charge in [-0.25, -0.2) is 8.78 Å². The summed E-state index contributed by atoms with van der Waals surface area (Å²) >= 11 is 6.85. The molecule has 1 heterocycles. The second kappa shape index (κ2) is 6.91. The first kappa shape index (κ1) is 14.4. The van der Waals surface area contributed by atoms with E-state index < -0.39 is 13.0 Å². The second-order valence-corrected chi connectivity index (χ2v) is 5.00. The standard InChI is InChI=1S/C11H14ClF2NOS/c1-2-8-3-4-9(17-8)11(16)15(6-5-12)7-10(13)14/h3-4,10H,2,5-7H2,1H3. The predicted octanol–water partition coefficient (Wildman–Crippen LogP) is 3.26. The van der Waals surface area contributed by atoms with Gasteiger partial charge in [0.1, 0.15) is 0 Å². The van der Waals surface area contributed by atoms with Crippen LogP contribution in [0.1, 0.15) is 21.5 Å². The number of aryl methyl sites for hydroxylation is 1. The van der Waals surface area contributed by atoms with Crippen molar-refractivity contribution in [2.45, 2.75) is 19.8 Å². The van der Waals surface area contributed by atoms with Crippen molar-refractivity contribution in [2.24, 2.45) is 0 Å². The Labute approximate surface area is 108 Å². The molecule has 1 amide bonds. The fourth-order valence-corrected chi connectivity index (χ4v) is 2.50. The number of alkyl halides is 3. The molecule has 96 valence electrons. The van der Waals surface area contributed by atoms with Gasteiger partial charge < -0.3 is 4.90 Å². The van der Waals surface area contributed by atoms with E-state index in [1.54, 1.807) is 6.07 Å². The van der Waals surface area contributed by atoms with Crippen LogP contribution in [0.5, 0.6) is 0 Å². The lowest BCUT2D eigenvalue weighted by Gasteiger charge is -2.20. The summed E-state index contributed by atoms with van der Waals surface area (Å²) in [5.41, 5.74) is 0. The van der Waals surface area contributed by atoms with Crippen LogP contribution in [0, 0.1) is 0 Å². The zero-order chi connectivity index (χ0) is 12.8. The van der Waals surface area contributed by atoms with Crippen LogP contribution in [-0.4, -0.2) is 36.2 Å². The summed E-state index contributed by atoms with van der Waals surface area (Å²) in [5, 5.41) is 0. The van der Waals surface area contributed by atoms with Crippen molar-refractivity contribution in [3.8, 4) is 0 Å². The predicted molar refractivity (Wildman–Crippen MR) is 66.3 cm³/mol. The summed E-state index contributed by atoms with van der Waals surface area (Å²) in [5.74, 6) is -0.208.